The Hall–Kier alpha value is -1.16. The third-order valence-corrected chi connectivity index (χ3v) is 5.00. The zero-order valence-electron chi connectivity index (χ0n) is 16.7. The van der Waals surface area contributed by atoms with Gasteiger partial charge < -0.3 is 10.2 Å². The molecule has 0 aromatic heterocycles. The Morgan fingerprint density at radius 1 is 0.920 bits per heavy atom. The second kappa shape index (κ2) is 9.51. The van der Waals surface area contributed by atoms with E-state index in [0.717, 1.165) is 12.8 Å². The van der Waals surface area contributed by atoms with E-state index in [4.69, 9.17) is 0 Å². The van der Waals surface area contributed by atoms with Gasteiger partial charge in [0.25, 0.3) is 0 Å². The predicted molar refractivity (Wildman–Crippen MR) is 100 cm³/mol. The average Bonchev–Trinajstić information content (AvgIpc) is 2.45. The van der Waals surface area contributed by atoms with Gasteiger partial charge in [-0.1, -0.05) is 54.4 Å². The van der Waals surface area contributed by atoms with Crippen LogP contribution in [0.25, 0.3) is 0 Å². The van der Waals surface area contributed by atoms with Crippen LogP contribution in [-0.4, -0.2) is 27.9 Å². The first kappa shape index (κ1) is 21.9. The molecule has 0 bridgehead atoms. The van der Waals surface area contributed by atoms with Crippen molar-refractivity contribution in [1.82, 2.24) is 0 Å². The summed E-state index contributed by atoms with van der Waals surface area (Å²) >= 11 is 0. The summed E-state index contributed by atoms with van der Waals surface area (Å²) in [6, 6.07) is 0. The molecule has 3 unspecified atom stereocenters. The van der Waals surface area contributed by atoms with Gasteiger partial charge in [-0.15, -0.1) is 0 Å². The number of aliphatic hydroxyl groups is 2. The Labute approximate surface area is 152 Å². The SMILES string of the molecule is CC(C)CCC1C(=O)C(C(=O)CC(C)C)=C(O)C(CCC(C)C)C1O. The molecule has 2 N–H and O–H groups in total. The number of carbonyl (C=O) groups excluding carboxylic acids is 2. The molecule has 0 amide bonds. The van der Waals surface area contributed by atoms with Crippen molar-refractivity contribution in [3.8, 4) is 0 Å². The normalized spacial score (nSPS) is 24.7. The maximum Gasteiger partial charge on any atom is 0.175 e. The van der Waals surface area contributed by atoms with E-state index in [9.17, 15) is 19.8 Å². The smallest absolute Gasteiger partial charge is 0.175 e. The van der Waals surface area contributed by atoms with Crippen LogP contribution >= 0.6 is 0 Å². The fraction of sp³-hybridized carbons (Fsp3) is 0.810. The Bertz CT molecular complexity index is 502. The molecule has 4 heteroatoms. The van der Waals surface area contributed by atoms with Crippen molar-refractivity contribution in [1.29, 1.82) is 0 Å². The van der Waals surface area contributed by atoms with Crippen LogP contribution in [0.1, 0.15) is 73.6 Å². The highest BCUT2D eigenvalue weighted by Gasteiger charge is 2.44. The first-order valence-corrected chi connectivity index (χ1v) is 9.74. The van der Waals surface area contributed by atoms with Crippen molar-refractivity contribution in [2.24, 2.45) is 29.6 Å². The van der Waals surface area contributed by atoms with Gasteiger partial charge >= 0.3 is 0 Å². The number of carbonyl (C=O) groups is 2. The molecular formula is C21H36O4. The van der Waals surface area contributed by atoms with Gasteiger partial charge in [-0.2, -0.15) is 0 Å². The summed E-state index contributed by atoms with van der Waals surface area (Å²) in [6.07, 6.45) is 2.14. The van der Waals surface area contributed by atoms with Crippen LogP contribution < -0.4 is 0 Å². The maximum absolute atomic E-state index is 12.9. The largest absolute Gasteiger partial charge is 0.511 e. The molecule has 0 radical (unpaired) electrons. The van der Waals surface area contributed by atoms with Crippen LogP contribution in [0.4, 0.5) is 0 Å². The van der Waals surface area contributed by atoms with E-state index in [0.29, 0.717) is 24.7 Å². The molecule has 4 nitrogen and oxygen atoms in total. The van der Waals surface area contributed by atoms with Crippen molar-refractivity contribution in [2.75, 3.05) is 0 Å². The molecule has 3 atom stereocenters. The van der Waals surface area contributed by atoms with E-state index in [-0.39, 0.29) is 35.2 Å². The highest BCUT2D eigenvalue weighted by molar-refractivity contribution is 6.22. The quantitative estimate of drug-likeness (QED) is 0.601. The maximum atomic E-state index is 12.9. The van der Waals surface area contributed by atoms with Crippen LogP contribution in [0.2, 0.25) is 0 Å². The molecule has 0 saturated heterocycles. The molecule has 0 heterocycles. The summed E-state index contributed by atoms with van der Waals surface area (Å²) in [4.78, 5) is 25.4. The van der Waals surface area contributed by atoms with Gasteiger partial charge in [-0.25, -0.2) is 0 Å². The molecule has 0 fully saturated rings. The first-order valence-electron chi connectivity index (χ1n) is 9.74. The van der Waals surface area contributed by atoms with Gasteiger partial charge in [0.05, 0.1) is 11.7 Å². The summed E-state index contributed by atoms with van der Waals surface area (Å²) in [6.45, 7) is 12.2. The zero-order valence-corrected chi connectivity index (χ0v) is 16.7. The topological polar surface area (TPSA) is 74.6 Å². The minimum absolute atomic E-state index is 0.0403. The van der Waals surface area contributed by atoms with Crippen LogP contribution in [0.5, 0.6) is 0 Å². The molecule has 25 heavy (non-hydrogen) atoms. The summed E-state index contributed by atoms with van der Waals surface area (Å²) < 4.78 is 0. The lowest BCUT2D eigenvalue weighted by Gasteiger charge is -2.35. The Morgan fingerprint density at radius 3 is 1.84 bits per heavy atom. The monoisotopic (exact) mass is 352 g/mol. The van der Waals surface area contributed by atoms with Crippen molar-refractivity contribution < 1.29 is 19.8 Å². The third kappa shape index (κ3) is 5.95. The van der Waals surface area contributed by atoms with E-state index in [1.807, 2.05) is 13.8 Å². The second-order valence-corrected chi connectivity index (χ2v) is 8.79. The van der Waals surface area contributed by atoms with Crippen molar-refractivity contribution in [3.05, 3.63) is 11.3 Å². The number of hydrogen-bond donors (Lipinski definition) is 2. The average molecular weight is 353 g/mol. The number of aliphatic hydroxyl groups excluding tert-OH is 2. The molecule has 144 valence electrons. The molecule has 0 spiro atoms. The second-order valence-electron chi connectivity index (χ2n) is 8.79. The van der Waals surface area contributed by atoms with Gasteiger partial charge in [-0.05, 0) is 30.6 Å². The third-order valence-electron chi connectivity index (χ3n) is 5.00. The van der Waals surface area contributed by atoms with Crippen LogP contribution in [0, 0.1) is 29.6 Å². The van der Waals surface area contributed by atoms with Crippen LogP contribution in [-0.2, 0) is 9.59 Å². The van der Waals surface area contributed by atoms with E-state index >= 15 is 0 Å². The summed E-state index contributed by atoms with van der Waals surface area (Å²) in [7, 11) is 0. The number of rotatable bonds is 9. The van der Waals surface area contributed by atoms with Crippen LogP contribution in [0.3, 0.4) is 0 Å². The molecular weight excluding hydrogens is 316 g/mol. The lowest BCUT2D eigenvalue weighted by Crippen LogP contribution is -2.43. The lowest BCUT2D eigenvalue weighted by molar-refractivity contribution is -0.130. The predicted octanol–water partition coefficient (Wildman–Crippen LogP) is 4.46. The van der Waals surface area contributed by atoms with Gasteiger partial charge in [0.1, 0.15) is 5.76 Å². The van der Waals surface area contributed by atoms with Crippen molar-refractivity contribution >= 4 is 11.6 Å². The van der Waals surface area contributed by atoms with E-state index < -0.39 is 17.9 Å². The Morgan fingerprint density at radius 2 is 1.40 bits per heavy atom. The molecule has 0 aromatic carbocycles. The minimum atomic E-state index is -0.902. The fourth-order valence-corrected chi connectivity index (χ4v) is 3.48. The Kier molecular flexibility index (Phi) is 8.33. The Balaban J connectivity index is 3.17. The molecule has 0 saturated carbocycles. The standard InChI is InChI=1S/C21H36O4/c1-12(2)7-9-15-19(23)16(10-8-13(3)4)21(25)18(20(15)24)17(22)11-14(5)6/h12-16,19,23-24H,7-11H2,1-6H3. The van der Waals surface area contributed by atoms with Crippen molar-refractivity contribution in [3.63, 3.8) is 0 Å². The van der Waals surface area contributed by atoms with Crippen molar-refractivity contribution in [2.45, 2.75) is 79.8 Å². The minimum Gasteiger partial charge on any atom is -0.511 e. The lowest BCUT2D eigenvalue weighted by atomic mass is 9.71. The zero-order chi connectivity index (χ0) is 19.3. The molecule has 0 aromatic rings. The van der Waals surface area contributed by atoms with E-state index in [1.54, 1.807) is 0 Å². The van der Waals surface area contributed by atoms with E-state index in [2.05, 4.69) is 27.7 Å². The van der Waals surface area contributed by atoms with Gasteiger partial charge in [0.15, 0.2) is 11.6 Å². The molecule has 1 aliphatic rings. The molecule has 1 rings (SSSR count). The molecule has 1 aliphatic carbocycles. The number of ketones is 2. The van der Waals surface area contributed by atoms with Gasteiger partial charge in [0.2, 0.25) is 0 Å². The number of allylic oxidation sites excluding steroid dienone is 1. The summed E-state index contributed by atoms with van der Waals surface area (Å²) in [5.41, 5.74) is -0.0403. The highest BCUT2D eigenvalue weighted by Crippen LogP contribution is 2.38. The fourth-order valence-electron chi connectivity index (χ4n) is 3.48. The molecule has 0 aliphatic heterocycles. The highest BCUT2D eigenvalue weighted by atomic mass is 16.3. The number of hydrogen-bond acceptors (Lipinski definition) is 4. The van der Waals surface area contributed by atoms with Gasteiger partial charge in [-0.3, -0.25) is 9.59 Å². The van der Waals surface area contributed by atoms with Gasteiger partial charge in [0, 0.05) is 18.3 Å². The van der Waals surface area contributed by atoms with Crippen LogP contribution in [0.15, 0.2) is 11.3 Å². The number of Topliss-reactive ketones (excluding diaryl/α,β-unsaturated/α-hetero) is 2. The first-order chi connectivity index (χ1) is 11.6. The summed E-state index contributed by atoms with van der Waals surface area (Å²) in [5, 5.41) is 21.4. The van der Waals surface area contributed by atoms with E-state index in [1.165, 1.54) is 0 Å². The summed E-state index contributed by atoms with van der Waals surface area (Å²) in [5.74, 6) is -0.944.